The Hall–Kier alpha value is -0.600. The molecule has 0 saturated carbocycles. The van der Waals surface area contributed by atoms with E-state index in [0.29, 0.717) is 11.5 Å². The normalized spacial score (nSPS) is 8.94. The molecule has 3 nitrogen and oxygen atoms in total. The molecule has 0 unspecified atom stereocenters. The minimum Gasteiger partial charge on any atom is -1.00 e. The fourth-order valence-corrected chi connectivity index (χ4v) is 1.78. The van der Waals surface area contributed by atoms with E-state index in [-0.39, 0.29) is 40.6 Å². The molecule has 0 N–H and O–H groups in total. The maximum atomic E-state index is 11.5. The molecule has 84 valence electrons. The molecule has 0 aliphatic rings. The van der Waals surface area contributed by atoms with Crippen molar-refractivity contribution < 1.29 is 16.5 Å². The summed E-state index contributed by atoms with van der Waals surface area (Å²) in [5.41, 5.74) is 0. The Morgan fingerprint density at radius 2 is 1.12 bits per heavy atom. The number of para-hydroxylation sites is 2. The first-order valence-electron chi connectivity index (χ1n) is 4.78. The van der Waals surface area contributed by atoms with Crippen molar-refractivity contribution in [2.24, 2.45) is 0 Å². The van der Waals surface area contributed by atoms with Crippen LogP contribution < -0.4 is 9.05 Å². The first-order chi connectivity index (χ1) is 7.84. The summed E-state index contributed by atoms with van der Waals surface area (Å²) in [6.45, 7) is 0. The summed E-state index contributed by atoms with van der Waals surface area (Å²) in [6.07, 6.45) is 0. The van der Waals surface area contributed by atoms with Crippen molar-refractivity contribution in [2.45, 2.75) is 0 Å². The van der Waals surface area contributed by atoms with Gasteiger partial charge in [-0.05, 0) is 24.3 Å². The van der Waals surface area contributed by atoms with Crippen molar-refractivity contribution in [3.05, 3.63) is 60.7 Å². The molecule has 0 heterocycles. The Morgan fingerprint density at radius 1 is 0.765 bits per heavy atom. The van der Waals surface area contributed by atoms with Crippen LogP contribution in [0.1, 0.15) is 2.85 Å². The second-order valence-corrected chi connectivity index (χ2v) is 3.84. The largest absolute Gasteiger partial charge is 2.00 e. The quantitative estimate of drug-likeness (QED) is 0.631. The Kier molecular flexibility index (Phi) is 6.53. The third-order valence-electron chi connectivity index (χ3n) is 1.85. The zero-order valence-corrected chi connectivity index (χ0v) is 12.3. The molecule has 0 saturated heterocycles. The first kappa shape index (κ1) is 14.5. The molecule has 0 spiro atoms. The Labute approximate surface area is 134 Å². The second kappa shape index (κ2) is 7.67. The monoisotopic (exact) mass is 275 g/mol. The van der Waals surface area contributed by atoms with Gasteiger partial charge in [0, 0.05) is 4.57 Å². The summed E-state index contributed by atoms with van der Waals surface area (Å²) < 4.78 is 21.7. The average molecular weight is 275 g/mol. The Bertz CT molecular complexity index is 427. The fraction of sp³-hybridized carbons (Fsp3) is 0. The van der Waals surface area contributed by atoms with E-state index in [1.165, 1.54) is 0 Å². The van der Waals surface area contributed by atoms with Gasteiger partial charge in [-0.1, -0.05) is 36.4 Å². The van der Waals surface area contributed by atoms with E-state index in [9.17, 15) is 4.57 Å². The van der Waals surface area contributed by atoms with Gasteiger partial charge in [0.25, 0.3) is 0 Å². The summed E-state index contributed by atoms with van der Waals surface area (Å²) in [5, 5.41) is 0. The summed E-state index contributed by atoms with van der Waals surface area (Å²) in [7, 11) is -2.18. The van der Waals surface area contributed by atoms with Gasteiger partial charge in [0.15, 0.2) is 11.5 Å². The van der Waals surface area contributed by atoms with Crippen LogP contribution in [-0.2, 0) is 4.57 Å². The standard InChI is InChI=1S/C12H10O3P.Ca.2H/c13-16(14-11-7-3-1-4-8-11)15-12-9-5-2-6-10-12;;;/h1-10H;;;/q+1;+2;2*-1. The zero-order chi connectivity index (χ0) is 11.2. The molecule has 2 aromatic rings. The van der Waals surface area contributed by atoms with Gasteiger partial charge >= 0.3 is 46.0 Å². The fourth-order valence-electron chi connectivity index (χ4n) is 1.15. The Balaban J connectivity index is 0. The predicted octanol–water partition coefficient (Wildman–Crippen LogP) is 3.65. The van der Waals surface area contributed by atoms with Crippen LogP contribution in [-0.4, -0.2) is 37.7 Å². The average Bonchev–Trinajstić information content (AvgIpc) is 2.31. The van der Waals surface area contributed by atoms with Crippen molar-refractivity contribution in [1.82, 2.24) is 0 Å². The maximum absolute atomic E-state index is 11.5. The predicted molar refractivity (Wildman–Crippen MR) is 69.7 cm³/mol. The summed E-state index contributed by atoms with van der Waals surface area (Å²) >= 11 is 0. The summed E-state index contributed by atoms with van der Waals surface area (Å²) in [6, 6.07) is 17.8. The molecule has 0 fully saturated rings. The number of benzene rings is 2. The van der Waals surface area contributed by atoms with Crippen LogP contribution >= 0.6 is 8.25 Å². The third kappa shape index (κ3) is 5.05. The number of rotatable bonds is 4. The molecule has 0 bridgehead atoms. The van der Waals surface area contributed by atoms with Crippen LogP contribution in [0, 0.1) is 0 Å². The molecule has 2 rings (SSSR count). The molecule has 0 aliphatic heterocycles. The topological polar surface area (TPSA) is 35.5 Å². The van der Waals surface area contributed by atoms with Gasteiger partial charge in [-0.25, -0.2) is 9.05 Å². The molecular weight excluding hydrogens is 263 g/mol. The molecule has 0 aliphatic carbocycles. The van der Waals surface area contributed by atoms with Crippen LogP contribution in [0.4, 0.5) is 0 Å². The van der Waals surface area contributed by atoms with E-state index >= 15 is 0 Å². The zero-order valence-electron chi connectivity index (χ0n) is 11.2. The van der Waals surface area contributed by atoms with Gasteiger partial charge in [0.05, 0.1) is 0 Å². The molecule has 0 radical (unpaired) electrons. The summed E-state index contributed by atoms with van der Waals surface area (Å²) in [5.74, 6) is 1.05. The van der Waals surface area contributed by atoms with Gasteiger partial charge in [-0.2, -0.15) is 0 Å². The van der Waals surface area contributed by atoms with E-state index < -0.39 is 8.25 Å². The van der Waals surface area contributed by atoms with Crippen LogP contribution in [0.5, 0.6) is 11.5 Å². The van der Waals surface area contributed by atoms with Crippen molar-refractivity contribution in [3.63, 3.8) is 0 Å². The van der Waals surface area contributed by atoms with E-state index in [4.69, 9.17) is 9.05 Å². The second-order valence-electron chi connectivity index (χ2n) is 3.03. The van der Waals surface area contributed by atoms with Crippen molar-refractivity contribution in [3.8, 4) is 11.5 Å². The first-order valence-corrected chi connectivity index (χ1v) is 5.87. The van der Waals surface area contributed by atoms with Crippen molar-refractivity contribution in [1.29, 1.82) is 0 Å². The molecule has 0 atom stereocenters. The Morgan fingerprint density at radius 3 is 1.47 bits per heavy atom. The van der Waals surface area contributed by atoms with Crippen LogP contribution in [0.3, 0.4) is 0 Å². The van der Waals surface area contributed by atoms with E-state index in [2.05, 4.69) is 0 Å². The molecule has 0 amide bonds. The summed E-state index contributed by atoms with van der Waals surface area (Å²) in [4.78, 5) is 0. The minimum absolute atomic E-state index is 0. The van der Waals surface area contributed by atoms with E-state index in [0.717, 1.165) is 0 Å². The van der Waals surface area contributed by atoms with Gasteiger partial charge < -0.3 is 2.85 Å². The van der Waals surface area contributed by atoms with Crippen LogP contribution in [0.15, 0.2) is 60.7 Å². The van der Waals surface area contributed by atoms with Gasteiger partial charge in [0.2, 0.25) is 0 Å². The van der Waals surface area contributed by atoms with Crippen molar-refractivity contribution in [2.75, 3.05) is 0 Å². The van der Waals surface area contributed by atoms with Gasteiger partial charge in [-0.15, -0.1) is 0 Å². The molecule has 0 aromatic heterocycles. The molecule has 5 heteroatoms. The van der Waals surface area contributed by atoms with E-state index in [1.807, 2.05) is 12.1 Å². The van der Waals surface area contributed by atoms with E-state index in [1.54, 1.807) is 48.5 Å². The minimum atomic E-state index is -2.18. The van der Waals surface area contributed by atoms with Gasteiger partial charge in [-0.3, -0.25) is 0 Å². The smallest absolute Gasteiger partial charge is 1.00 e. The molecule has 17 heavy (non-hydrogen) atoms. The maximum Gasteiger partial charge on any atom is 2.00 e. The number of hydrogen-bond donors (Lipinski definition) is 0. The third-order valence-corrected chi connectivity index (χ3v) is 2.57. The number of hydrogen-bond acceptors (Lipinski definition) is 3. The van der Waals surface area contributed by atoms with Crippen molar-refractivity contribution >= 4 is 46.0 Å². The molecular formula is C12H12CaO3P+. The molecule has 2 aromatic carbocycles. The van der Waals surface area contributed by atoms with Crippen LogP contribution in [0.25, 0.3) is 0 Å². The SMILES string of the molecule is O=[P+](Oc1ccccc1)Oc1ccccc1.[Ca+2].[H-].[H-]. The van der Waals surface area contributed by atoms with Gasteiger partial charge in [0.1, 0.15) is 0 Å². The van der Waals surface area contributed by atoms with Crippen LogP contribution in [0.2, 0.25) is 0 Å².